The van der Waals surface area contributed by atoms with Gasteiger partial charge in [0.1, 0.15) is 11.4 Å². The molecule has 1 aromatic rings. The van der Waals surface area contributed by atoms with Crippen LogP contribution in [0, 0.1) is 19.3 Å². The molecule has 0 fully saturated rings. The lowest BCUT2D eigenvalue weighted by atomic mass is 10.1. The number of rotatable bonds is 5. The van der Waals surface area contributed by atoms with Crippen LogP contribution < -0.4 is 5.32 Å². The highest BCUT2D eigenvalue weighted by Gasteiger charge is 2.16. The van der Waals surface area contributed by atoms with E-state index in [2.05, 4.69) is 16.2 Å². The zero-order valence-corrected chi connectivity index (χ0v) is 10.0. The number of aryl methyl sites for hydroxylation is 1. The van der Waals surface area contributed by atoms with Crippen molar-refractivity contribution in [2.45, 2.75) is 32.7 Å². The highest BCUT2D eigenvalue weighted by Crippen LogP contribution is 2.18. The molecule has 0 amide bonds. The maximum Gasteiger partial charge on any atom is 0.339 e. The molecule has 0 aromatic carbocycles. The highest BCUT2D eigenvalue weighted by molar-refractivity contribution is 5.94. The third kappa shape index (κ3) is 3.22. The van der Waals surface area contributed by atoms with Gasteiger partial charge in [0.25, 0.3) is 0 Å². The Bertz CT molecular complexity index is 449. The van der Waals surface area contributed by atoms with Crippen LogP contribution in [0.2, 0.25) is 0 Å². The molecule has 1 unspecified atom stereocenters. The zero-order valence-electron chi connectivity index (χ0n) is 10.0. The lowest BCUT2D eigenvalue weighted by Gasteiger charge is -2.17. The van der Waals surface area contributed by atoms with Crippen molar-refractivity contribution >= 4 is 11.8 Å². The van der Waals surface area contributed by atoms with E-state index in [0.717, 1.165) is 6.42 Å². The molecule has 4 nitrogen and oxygen atoms in total. The number of carboxylic acids is 1. The summed E-state index contributed by atoms with van der Waals surface area (Å²) in [6.07, 6.45) is 8.21. The van der Waals surface area contributed by atoms with Gasteiger partial charge in [-0.25, -0.2) is 9.78 Å². The molecule has 2 N–H and O–H groups in total. The number of nitrogens with zero attached hydrogens (tertiary/aromatic N) is 1. The number of aromatic nitrogens is 1. The van der Waals surface area contributed by atoms with Gasteiger partial charge in [-0.3, -0.25) is 0 Å². The predicted octanol–water partition coefficient (Wildman–Crippen LogP) is 2.30. The number of terminal acetylenes is 1. The first kappa shape index (κ1) is 13.0. The first-order valence-corrected chi connectivity index (χ1v) is 5.49. The van der Waals surface area contributed by atoms with Crippen LogP contribution >= 0.6 is 0 Å². The molecule has 1 rings (SSSR count). The molecule has 1 aromatic heterocycles. The molecule has 0 aliphatic heterocycles. The maximum absolute atomic E-state index is 11.1. The van der Waals surface area contributed by atoms with Crippen LogP contribution in [0.1, 0.15) is 35.7 Å². The van der Waals surface area contributed by atoms with E-state index in [4.69, 9.17) is 11.5 Å². The molecule has 0 saturated carbocycles. The molecular weight excluding hydrogens is 216 g/mol. The number of carbonyl (C=O) groups is 1. The van der Waals surface area contributed by atoms with Crippen molar-refractivity contribution in [3.05, 3.63) is 23.4 Å². The minimum absolute atomic E-state index is 0.0485. The van der Waals surface area contributed by atoms with Gasteiger partial charge in [0.05, 0.1) is 0 Å². The number of anilines is 1. The molecule has 1 heterocycles. The number of aromatic carboxylic acids is 1. The van der Waals surface area contributed by atoms with E-state index in [1.54, 1.807) is 19.2 Å². The molecule has 0 radical (unpaired) electrons. The van der Waals surface area contributed by atoms with Crippen molar-refractivity contribution in [3.63, 3.8) is 0 Å². The standard InChI is InChI=1S/C13H16N2O2/c1-4-6-10(5-2)15-12-11(13(16)17)9(3)7-8-14-12/h1,7-8,10H,5-6H2,2-3H3,(H,14,15)(H,16,17). The van der Waals surface area contributed by atoms with Crippen molar-refractivity contribution in [1.82, 2.24) is 4.98 Å². The van der Waals surface area contributed by atoms with Crippen LogP contribution in [-0.2, 0) is 0 Å². The van der Waals surface area contributed by atoms with Crippen molar-refractivity contribution in [3.8, 4) is 12.3 Å². The summed E-state index contributed by atoms with van der Waals surface area (Å²) in [4.78, 5) is 15.2. The van der Waals surface area contributed by atoms with Crippen molar-refractivity contribution < 1.29 is 9.90 Å². The quantitative estimate of drug-likeness (QED) is 0.765. The third-order valence-electron chi connectivity index (χ3n) is 2.57. The second kappa shape index (κ2) is 5.90. The van der Waals surface area contributed by atoms with E-state index >= 15 is 0 Å². The van der Waals surface area contributed by atoms with Crippen LogP contribution in [0.3, 0.4) is 0 Å². The Morgan fingerprint density at radius 1 is 1.71 bits per heavy atom. The fourth-order valence-electron chi connectivity index (χ4n) is 1.57. The highest BCUT2D eigenvalue weighted by atomic mass is 16.4. The maximum atomic E-state index is 11.1. The van der Waals surface area contributed by atoms with E-state index in [0.29, 0.717) is 17.8 Å². The molecule has 4 heteroatoms. The topological polar surface area (TPSA) is 62.2 Å². The molecular formula is C13H16N2O2. The fourth-order valence-corrected chi connectivity index (χ4v) is 1.57. The van der Waals surface area contributed by atoms with E-state index in [9.17, 15) is 4.79 Å². The second-order valence-corrected chi connectivity index (χ2v) is 3.81. The average molecular weight is 232 g/mol. The van der Waals surface area contributed by atoms with Gasteiger partial charge in [0.2, 0.25) is 0 Å². The van der Waals surface area contributed by atoms with Gasteiger partial charge < -0.3 is 10.4 Å². The lowest BCUT2D eigenvalue weighted by molar-refractivity contribution is 0.0697. The van der Waals surface area contributed by atoms with E-state index in [-0.39, 0.29) is 11.6 Å². The lowest BCUT2D eigenvalue weighted by Crippen LogP contribution is -2.21. The molecule has 0 spiro atoms. The third-order valence-corrected chi connectivity index (χ3v) is 2.57. The zero-order chi connectivity index (χ0) is 12.8. The Balaban J connectivity index is 3.02. The average Bonchev–Trinajstić information content (AvgIpc) is 2.28. The van der Waals surface area contributed by atoms with Gasteiger partial charge in [-0.05, 0) is 25.0 Å². The Labute approximate surface area is 101 Å². The van der Waals surface area contributed by atoms with Crippen LogP contribution in [0.25, 0.3) is 0 Å². The Hall–Kier alpha value is -2.02. The summed E-state index contributed by atoms with van der Waals surface area (Å²) in [5.74, 6) is 1.97. The number of hydrogen-bond donors (Lipinski definition) is 2. The largest absolute Gasteiger partial charge is 0.478 e. The minimum atomic E-state index is -0.978. The molecule has 0 bridgehead atoms. The normalized spacial score (nSPS) is 11.6. The van der Waals surface area contributed by atoms with E-state index in [1.165, 1.54) is 0 Å². The van der Waals surface area contributed by atoms with Crippen LogP contribution in [0.5, 0.6) is 0 Å². The second-order valence-electron chi connectivity index (χ2n) is 3.81. The summed E-state index contributed by atoms with van der Waals surface area (Å²) in [5, 5.41) is 12.2. The van der Waals surface area contributed by atoms with Crippen LogP contribution in [-0.4, -0.2) is 22.1 Å². The molecule has 0 saturated heterocycles. The molecule has 0 aliphatic rings. The SMILES string of the molecule is C#CCC(CC)Nc1nccc(C)c1C(=O)O. The summed E-state index contributed by atoms with van der Waals surface area (Å²) < 4.78 is 0. The monoisotopic (exact) mass is 232 g/mol. The van der Waals surface area contributed by atoms with Crippen molar-refractivity contribution in [2.24, 2.45) is 0 Å². The molecule has 17 heavy (non-hydrogen) atoms. The first-order valence-electron chi connectivity index (χ1n) is 5.49. The Morgan fingerprint density at radius 3 is 2.94 bits per heavy atom. The van der Waals surface area contributed by atoms with Gasteiger partial charge in [0, 0.05) is 18.7 Å². The number of nitrogens with one attached hydrogen (secondary N) is 1. The summed E-state index contributed by atoms with van der Waals surface area (Å²) in [6.45, 7) is 3.74. The van der Waals surface area contributed by atoms with Crippen LogP contribution in [0.4, 0.5) is 5.82 Å². The molecule has 1 atom stereocenters. The van der Waals surface area contributed by atoms with E-state index in [1.807, 2.05) is 6.92 Å². The summed E-state index contributed by atoms with van der Waals surface area (Å²) >= 11 is 0. The Morgan fingerprint density at radius 2 is 2.41 bits per heavy atom. The van der Waals surface area contributed by atoms with Gasteiger partial charge in [-0.2, -0.15) is 0 Å². The smallest absolute Gasteiger partial charge is 0.339 e. The van der Waals surface area contributed by atoms with Gasteiger partial charge in [-0.1, -0.05) is 6.92 Å². The van der Waals surface area contributed by atoms with Crippen molar-refractivity contribution in [2.75, 3.05) is 5.32 Å². The van der Waals surface area contributed by atoms with E-state index < -0.39 is 5.97 Å². The summed E-state index contributed by atoms with van der Waals surface area (Å²) in [6, 6.07) is 1.73. The first-order chi connectivity index (χ1) is 8.10. The number of pyridine rings is 1. The summed E-state index contributed by atoms with van der Waals surface area (Å²) in [7, 11) is 0. The minimum Gasteiger partial charge on any atom is -0.478 e. The number of carboxylic acid groups (broad SMARTS) is 1. The van der Waals surface area contributed by atoms with Gasteiger partial charge in [-0.15, -0.1) is 12.3 Å². The Kier molecular flexibility index (Phi) is 4.53. The molecule has 0 aliphatic carbocycles. The molecule has 90 valence electrons. The number of hydrogen-bond acceptors (Lipinski definition) is 3. The van der Waals surface area contributed by atoms with Crippen molar-refractivity contribution in [1.29, 1.82) is 0 Å². The van der Waals surface area contributed by atoms with Gasteiger partial charge >= 0.3 is 5.97 Å². The van der Waals surface area contributed by atoms with Crippen LogP contribution in [0.15, 0.2) is 12.3 Å². The van der Waals surface area contributed by atoms with Gasteiger partial charge in [0.15, 0.2) is 0 Å². The fraction of sp³-hybridized carbons (Fsp3) is 0.385. The predicted molar refractivity (Wildman–Crippen MR) is 67.1 cm³/mol. The summed E-state index contributed by atoms with van der Waals surface area (Å²) in [5.41, 5.74) is 0.897.